The van der Waals surface area contributed by atoms with E-state index in [0.29, 0.717) is 5.92 Å². The molecule has 1 aromatic carbocycles. The molecule has 0 aliphatic heterocycles. The Kier molecular flexibility index (Phi) is 4.00. The Bertz CT molecular complexity index is 391. The van der Waals surface area contributed by atoms with Gasteiger partial charge in [-0.15, -0.1) is 0 Å². The molecule has 18 heavy (non-hydrogen) atoms. The number of benzene rings is 1. The van der Waals surface area contributed by atoms with Crippen LogP contribution < -0.4 is 5.32 Å². The lowest BCUT2D eigenvalue weighted by Gasteiger charge is -2.17. The third-order valence-electron chi connectivity index (χ3n) is 3.51. The molecule has 1 N–H and O–H groups in total. The van der Waals surface area contributed by atoms with Crippen LogP contribution in [-0.4, -0.2) is 13.1 Å². The predicted molar refractivity (Wildman–Crippen MR) is 69.4 cm³/mol. The smallest absolute Gasteiger partial charge is 0.126 e. The van der Waals surface area contributed by atoms with Gasteiger partial charge in [-0.05, 0) is 54.8 Å². The fourth-order valence-electron chi connectivity index (χ4n) is 2.36. The minimum absolute atomic E-state index is 0.231. The molecule has 0 radical (unpaired) electrons. The zero-order valence-corrected chi connectivity index (χ0v) is 11.1. The van der Waals surface area contributed by atoms with Crippen LogP contribution in [0.2, 0.25) is 0 Å². The van der Waals surface area contributed by atoms with Crippen LogP contribution in [0.25, 0.3) is 0 Å². The Morgan fingerprint density at radius 2 is 1.78 bits per heavy atom. The van der Waals surface area contributed by atoms with Crippen molar-refractivity contribution in [2.24, 2.45) is 11.3 Å². The summed E-state index contributed by atoms with van der Waals surface area (Å²) in [4.78, 5) is 0. The molecule has 0 unspecified atom stereocenters. The average molecular weight is 253 g/mol. The second-order valence-corrected chi connectivity index (χ2v) is 5.98. The Hall–Kier alpha value is -0.960. The van der Waals surface area contributed by atoms with Gasteiger partial charge in [0.15, 0.2) is 0 Å². The minimum atomic E-state index is -0.476. The maximum Gasteiger partial charge on any atom is 0.126 e. The molecule has 0 amide bonds. The van der Waals surface area contributed by atoms with Crippen LogP contribution in [0.3, 0.4) is 0 Å². The van der Waals surface area contributed by atoms with Crippen LogP contribution in [-0.2, 0) is 6.42 Å². The van der Waals surface area contributed by atoms with Gasteiger partial charge in [0.1, 0.15) is 11.6 Å². The molecule has 0 atom stereocenters. The third kappa shape index (κ3) is 3.77. The lowest BCUT2D eigenvalue weighted by atomic mass is 9.96. The van der Waals surface area contributed by atoms with Crippen LogP contribution in [0.15, 0.2) is 18.2 Å². The molecule has 1 nitrogen and oxygen atoms in total. The van der Waals surface area contributed by atoms with E-state index in [-0.39, 0.29) is 5.41 Å². The standard InChI is InChI=1S/C15H21F2N/c1-11(2)9-18-10-15(3-4-15)8-12-5-13(16)7-14(17)6-12/h5-7,11,18H,3-4,8-10H2,1-2H3. The number of hydrogen-bond acceptors (Lipinski definition) is 1. The quantitative estimate of drug-likeness (QED) is 0.817. The molecule has 0 saturated heterocycles. The highest BCUT2D eigenvalue weighted by Gasteiger charge is 2.42. The molecule has 0 aromatic heterocycles. The van der Waals surface area contributed by atoms with Crippen LogP contribution >= 0.6 is 0 Å². The molecule has 1 fully saturated rings. The third-order valence-corrected chi connectivity index (χ3v) is 3.51. The van der Waals surface area contributed by atoms with Crippen molar-refractivity contribution < 1.29 is 8.78 Å². The topological polar surface area (TPSA) is 12.0 Å². The zero-order chi connectivity index (χ0) is 13.2. The van der Waals surface area contributed by atoms with Crippen LogP contribution in [0.4, 0.5) is 8.78 Å². The van der Waals surface area contributed by atoms with Gasteiger partial charge in [0, 0.05) is 12.6 Å². The summed E-state index contributed by atoms with van der Waals surface area (Å²) in [5.74, 6) is -0.320. The molecule has 0 spiro atoms. The van der Waals surface area contributed by atoms with E-state index in [9.17, 15) is 8.78 Å². The lowest BCUT2D eigenvalue weighted by Crippen LogP contribution is -2.28. The van der Waals surface area contributed by atoms with E-state index in [4.69, 9.17) is 0 Å². The molecule has 2 rings (SSSR count). The summed E-state index contributed by atoms with van der Waals surface area (Å²) in [5.41, 5.74) is 1.01. The predicted octanol–water partition coefficient (Wildman–Crippen LogP) is 3.53. The minimum Gasteiger partial charge on any atom is -0.316 e. The van der Waals surface area contributed by atoms with Crippen molar-refractivity contribution in [2.75, 3.05) is 13.1 Å². The maximum absolute atomic E-state index is 13.1. The summed E-state index contributed by atoms with van der Waals surface area (Å²) < 4.78 is 26.3. The van der Waals surface area contributed by atoms with Crippen molar-refractivity contribution >= 4 is 0 Å². The first-order valence-electron chi connectivity index (χ1n) is 6.65. The van der Waals surface area contributed by atoms with Crippen molar-refractivity contribution in [3.63, 3.8) is 0 Å². The second kappa shape index (κ2) is 5.35. The fraction of sp³-hybridized carbons (Fsp3) is 0.600. The molecule has 1 aliphatic carbocycles. The van der Waals surface area contributed by atoms with Crippen molar-refractivity contribution in [3.8, 4) is 0 Å². The first-order chi connectivity index (χ1) is 8.49. The molecule has 0 heterocycles. The number of halogens is 2. The number of hydrogen-bond donors (Lipinski definition) is 1. The Labute approximate surface area is 108 Å². The summed E-state index contributed by atoms with van der Waals surface area (Å²) in [5, 5.41) is 3.45. The van der Waals surface area contributed by atoms with E-state index in [1.165, 1.54) is 12.1 Å². The molecular weight excluding hydrogens is 232 g/mol. The molecule has 1 aromatic rings. The summed E-state index contributed by atoms with van der Waals surface area (Å²) in [6, 6.07) is 3.83. The highest BCUT2D eigenvalue weighted by Crippen LogP contribution is 2.47. The molecule has 100 valence electrons. The highest BCUT2D eigenvalue weighted by atomic mass is 19.1. The van der Waals surface area contributed by atoms with E-state index in [2.05, 4.69) is 19.2 Å². The Morgan fingerprint density at radius 1 is 1.17 bits per heavy atom. The SMILES string of the molecule is CC(C)CNCC1(Cc2cc(F)cc(F)c2)CC1. The van der Waals surface area contributed by atoms with E-state index in [1.807, 2.05) is 0 Å². The fourth-order valence-corrected chi connectivity index (χ4v) is 2.36. The summed E-state index contributed by atoms with van der Waals surface area (Å²) in [6.07, 6.45) is 3.07. The van der Waals surface area contributed by atoms with Crippen molar-refractivity contribution in [1.82, 2.24) is 5.32 Å². The van der Waals surface area contributed by atoms with Gasteiger partial charge >= 0.3 is 0 Å². The van der Waals surface area contributed by atoms with Gasteiger partial charge < -0.3 is 5.32 Å². The first-order valence-corrected chi connectivity index (χ1v) is 6.65. The van der Waals surface area contributed by atoms with Gasteiger partial charge in [-0.3, -0.25) is 0 Å². The Balaban J connectivity index is 1.91. The van der Waals surface area contributed by atoms with Crippen LogP contribution in [0.1, 0.15) is 32.3 Å². The van der Waals surface area contributed by atoms with Crippen molar-refractivity contribution in [3.05, 3.63) is 35.4 Å². The zero-order valence-electron chi connectivity index (χ0n) is 11.1. The van der Waals surface area contributed by atoms with Crippen LogP contribution in [0.5, 0.6) is 0 Å². The molecular formula is C15H21F2N. The largest absolute Gasteiger partial charge is 0.316 e. The summed E-state index contributed by atoms with van der Waals surface area (Å²) in [6.45, 7) is 6.30. The van der Waals surface area contributed by atoms with E-state index < -0.39 is 11.6 Å². The van der Waals surface area contributed by atoms with E-state index in [1.54, 1.807) is 0 Å². The van der Waals surface area contributed by atoms with E-state index in [0.717, 1.165) is 44.0 Å². The van der Waals surface area contributed by atoms with Gasteiger partial charge in [-0.2, -0.15) is 0 Å². The van der Waals surface area contributed by atoms with Gasteiger partial charge in [0.2, 0.25) is 0 Å². The lowest BCUT2D eigenvalue weighted by molar-refractivity contribution is 0.430. The van der Waals surface area contributed by atoms with Crippen molar-refractivity contribution in [1.29, 1.82) is 0 Å². The van der Waals surface area contributed by atoms with Crippen LogP contribution in [0, 0.1) is 23.0 Å². The Morgan fingerprint density at radius 3 is 2.28 bits per heavy atom. The molecule has 3 heteroatoms. The monoisotopic (exact) mass is 253 g/mol. The van der Waals surface area contributed by atoms with E-state index >= 15 is 0 Å². The maximum atomic E-state index is 13.1. The summed E-state index contributed by atoms with van der Waals surface area (Å²) >= 11 is 0. The number of rotatable bonds is 6. The van der Waals surface area contributed by atoms with Gasteiger partial charge in [0.05, 0.1) is 0 Å². The average Bonchev–Trinajstić information content (AvgIpc) is 2.95. The normalized spacial score (nSPS) is 17.2. The van der Waals surface area contributed by atoms with Gasteiger partial charge in [-0.25, -0.2) is 8.78 Å². The molecule has 0 bridgehead atoms. The number of nitrogens with one attached hydrogen (secondary N) is 1. The summed E-state index contributed by atoms with van der Waals surface area (Å²) in [7, 11) is 0. The highest BCUT2D eigenvalue weighted by molar-refractivity contribution is 5.21. The molecule has 1 aliphatic rings. The second-order valence-electron chi connectivity index (χ2n) is 5.98. The van der Waals surface area contributed by atoms with Gasteiger partial charge in [0.25, 0.3) is 0 Å². The first kappa shape index (κ1) is 13.5. The van der Waals surface area contributed by atoms with Gasteiger partial charge in [-0.1, -0.05) is 13.8 Å². The van der Waals surface area contributed by atoms with Crippen molar-refractivity contribution in [2.45, 2.75) is 33.1 Å². The molecule has 1 saturated carbocycles.